The van der Waals surface area contributed by atoms with E-state index < -0.39 is 145 Å². The van der Waals surface area contributed by atoms with E-state index in [1.807, 2.05) is 6.07 Å². The molecule has 10 aromatic rings. The van der Waals surface area contributed by atoms with E-state index in [1.54, 1.807) is 25.1 Å². The standard InChI is InChI=1S/C66H34F14N2O11S2/c1-31-6-3-10-43(47(31)29-81)44-23-13-33(26-46(44)61(83)34-7-4-8-39(24-34)91-40-18-12-32-25-41(94(84,85)86)28-50(45(32)27-40)95(87,88)89)42-9-5-11-49(48(42)30-82)92-37-19-14-35(15-20-37)64(65(75,76)77,66(78,79)80)36-16-21-38(22-17-36)93-63-59(73)55(69)52(56(70)60(63)74)51-53(67)57(71)62(90-2)58(72)54(51)68/h3-28H,1-2H3,(H,84,85,86)(H,87,88,89). The lowest BCUT2D eigenvalue weighted by atomic mass is 9.73. The molecule has 0 heterocycles. The Morgan fingerprint density at radius 3 is 1.52 bits per heavy atom. The summed E-state index contributed by atoms with van der Waals surface area (Å²) in [5.74, 6) is -27.1. The molecule has 0 fully saturated rings. The van der Waals surface area contributed by atoms with Gasteiger partial charge in [-0.05, 0) is 113 Å². The monoisotopic (exact) mass is 1360 g/mol. The number of carbonyl (C=O) groups excluding carboxylic acids is 1. The van der Waals surface area contributed by atoms with E-state index in [4.69, 9.17) is 14.2 Å². The minimum Gasteiger partial charge on any atom is -0.491 e. The van der Waals surface area contributed by atoms with Crippen molar-refractivity contribution in [1.29, 1.82) is 10.5 Å². The van der Waals surface area contributed by atoms with Gasteiger partial charge in [-0.15, -0.1) is 0 Å². The van der Waals surface area contributed by atoms with Gasteiger partial charge in [-0.3, -0.25) is 13.9 Å². The van der Waals surface area contributed by atoms with Gasteiger partial charge >= 0.3 is 12.4 Å². The van der Waals surface area contributed by atoms with Gasteiger partial charge in [0.15, 0.2) is 34.8 Å². The number of nitrogens with zero attached hydrogens (tertiary/aromatic N) is 2. The molecule has 0 saturated heterocycles. The third-order valence-corrected chi connectivity index (χ3v) is 16.7. The Hall–Kier alpha value is -10.9. The van der Waals surface area contributed by atoms with Crippen LogP contribution in [0.15, 0.2) is 168 Å². The third kappa shape index (κ3) is 12.1. The first-order chi connectivity index (χ1) is 44.7. The number of rotatable bonds is 16. The van der Waals surface area contributed by atoms with E-state index in [1.165, 1.54) is 72.8 Å². The minimum atomic E-state index is -6.28. The average molecular weight is 1360 g/mol. The van der Waals surface area contributed by atoms with E-state index >= 15 is 43.9 Å². The summed E-state index contributed by atoms with van der Waals surface area (Å²) in [4.78, 5) is 13.2. The van der Waals surface area contributed by atoms with E-state index in [9.17, 15) is 58.8 Å². The number of fused-ring (bicyclic) bond motifs is 1. The predicted molar refractivity (Wildman–Crippen MR) is 309 cm³/mol. The van der Waals surface area contributed by atoms with Crippen molar-refractivity contribution < 1.29 is 111 Å². The largest absolute Gasteiger partial charge is 0.491 e. The third-order valence-electron chi connectivity index (χ3n) is 14.9. The van der Waals surface area contributed by atoms with Crippen molar-refractivity contribution in [3.8, 4) is 85.8 Å². The van der Waals surface area contributed by atoms with Gasteiger partial charge in [0.25, 0.3) is 20.2 Å². The first kappa shape index (κ1) is 67.1. The van der Waals surface area contributed by atoms with Crippen LogP contribution in [0.4, 0.5) is 61.5 Å². The molecule has 13 nitrogen and oxygen atoms in total. The van der Waals surface area contributed by atoms with Crippen molar-refractivity contribution >= 4 is 36.8 Å². The van der Waals surface area contributed by atoms with Crippen LogP contribution in [0.3, 0.4) is 0 Å². The molecular formula is C66H34F14N2O11S2. The van der Waals surface area contributed by atoms with Crippen LogP contribution in [0.25, 0.3) is 44.2 Å². The molecule has 0 aliphatic heterocycles. The normalized spacial score (nSPS) is 12.1. The van der Waals surface area contributed by atoms with Gasteiger partial charge in [-0.2, -0.15) is 71.3 Å². The summed E-state index contributed by atoms with van der Waals surface area (Å²) in [5, 5.41) is 20.6. The van der Waals surface area contributed by atoms with Crippen molar-refractivity contribution in [3.63, 3.8) is 0 Å². The summed E-state index contributed by atoms with van der Waals surface area (Å²) in [6, 6.07) is 30.9. The summed E-state index contributed by atoms with van der Waals surface area (Å²) in [6.07, 6.45) is -12.6. The van der Waals surface area contributed by atoms with Crippen LogP contribution in [-0.4, -0.2) is 51.2 Å². The van der Waals surface area contributed by atoms with Crippen LogP contribution in [0.5, 0.6) is 40.2 Å². The predicted octanol–water partition coefficient (Wildman–Crippen LogP) is 17.5. The lowest BCUT2D eigenvalue weighted by Gasteiger charge is -2.38. The van der Waals surface area contributed by atoms with Gasteiger partial charge in [-0.25, -0.2) is 17.6 Å². The Balaban J connectivity index is 0.968. The molecule has 0 atom stereocenters. The van der Waals surface area contributed by atoms with Crippen LogP contribution < -0.4 is 18.9 Å². The number of hydrogen-bond acceptors (Lipinski definition) is 11. The zero-order valence-electron chi connectivity index (χ0n) is 47.6. The number of alkyl halides is 6. The maximum Gasteiger partial charge on any atom is 0.411 e. The molecule has 0 unspecified atom stereocenters. The number of ether oxygens (including phenoxy) is 4. The van der Waals surface area contributed by atoms with E-state index in [0.29, 0.717) is 48.6 Å². The highest BCUT2D eigenvalue weighted by molar-refractivity contribution is 7.86. The fourth-order valence-electron chi connectivity index (χ4n) is 10.5. The Morgan fingerprint density at radius 2 is 0.989 bits per heavy atom. The summed E-state index contributed by atoms with van der Waals surface area (Å²) < 4.78 is 301. The molecule has 95 heavy (non-hydrogen) atoms. The number of ketones is 1. The quantitative estimate of drug-likeness (QED) is 0.0400. The first-order valence-corrected chi connectivity index (χ1v) is 29.5. The van der Waals surface area contributed by atoms with Crippen molar-refractivity contribution in [2.45, 2.75) is 34.5 Å². The summed E-state index contributed by atoms with van der Waals surface area (Å²) in [7, 11) is -9.50. The molecule has 10 rings (SSSR count). The molecule has 0 aliphatic rings. The van der Waals surface area contributed by atoms with Crippen molar-refractivity contribution in [3.05, 3.63) is 243 Å². The molecule has 0 bridgehead atoms. The molecule has 29 heteroatoms. The molecule has 10 aromatic carbocycles. The molecule has 0 aliphatic carbocycles. The van der Waals surface area contributed by atoms with Crippen LogP contribution in [-0.2, 0) is 25.7 Å². The van der Waals surface area contributed by atoms with Crippen LogP contribution in [0, 0.1) is 76.1 Å². The van der Waals surface area contributed by atoms with Crippen LogP contribution >= 0.6 is 0 Å². The molecular weight excluding hydrogens is 1330 g/mol. The smallest absolute Gasteiger partial charge is 0.411 e. The first-order valence-electron chi connectivity index (χ1n) is 26.7. The number of aryl methyl sites for hydroxylation is 1. The number of halogens is 14. The summed E-state index contributed by atoms with van der Waals surface area (Å²) in [6.45, 7) is 1.65. The zero-order valence-corrected chi connectivity index (χ0v) is 49.2. The van der Waals surface area contributed by atoms with Gasteiger partial charge in [0.1, 0.15) is 51.3 Å². The van der Waals surface area contributed by atoms with Gasteiger partial charge in [-0.1, -0.05) is 84.9 Å². The highest BCUT2D eigenvalue weighted by atomic mass is 32.2. The lowest BCUT2D eigenvalue weighted by molar-refractivity contribution is -0.288. The summed E-state index contributed by atoms with van der Waals surface area (Å²) in [5.41, 5.74) is -11.7. The number of benzene rings is 10. The minimum absolute atomic E-state index is 0.0224. The SMILES string of the molecule is COc1c(F)c(F)c(-c2c(F)c(F)c(Oc3ccc(C(c4ccc(Oc5cccc(-c6ccc(-c7cccc(C)c7C#N)c(C(=O)c7cccc(Oc8ccc9cc(S(=O)(=O)O)cc(S(=O)(=O)O)c9c8)c7)c6)c5C#N)cc4)(C(F)(F)F)C(F)(F)F)cc3)c(F)c2F)c(F)c1F. The Bertz CT molecular complexity index is 5100. The molecule has 2 N–H and O–H groups in total. The zero-order chi connectivity index (χ0) is 69.2. The molecule has 0 saturated carbocycles. The molecule has 0 aromatic heterocycles. The highest BCUT2D eigenvalue weighted by Gasteiger charge is 2.72. The Morgan fingerprint density at radius 1 is 0.484 bits per heavy atom. The van der Waals surface area contributed by atoms with Gasteiger partial charge in [0.2, 0.25) is 34.4 Å². The number of nitriles is 2. The van der Waals surface area contributed by atoms with Crippen LogP contribution in [0.2, 0.25) is 0 Å². The number of hydrogen-bond donors (Lipinski definition) is 2. The van der Waals surface area contributed by atoms with Crippen molar-refractivity contribution in [2.75, 3.05) is 7.11 Å². The number of carbonyl (C=O) groups is 1. The van der Waals surface area contributed by atoms with E-state index in [-0.39, 0.29) is 91.2 Å². The van der Waals surface area contributed by atoms with Gasteiger partial charge < -0.3 is 18.9 Å². The topological polar surface area (TPSA) is 210 Å². The second-order valence-corrected chi connectivity index (χ2v) is 23.3. The number of methoxy groups -OCH3 is 1. The maximum atomic E-state index is 15.4. The fourth-order valence-corrected chi connectivity index (χ4v) is 11.9. The molecule has 0 spiro atoms. The van der Waals surface area contributed by atoms with Gasteiger partial charge in [0.05, 0.1) is 28.7 Å². The fraction of sp³-hybridized carbons (Fsp3) is 0.0758. The Kier molecular flexibility index (Phi) is 17.6. The second-order valence-electron chi connectivity index (χ2n) is 20.5. The van der Waals surface area contributed by atoms with E-state index in [2.05, 4.69) is 10.8 Å². The van der Waals surface area contributed by atoms with Gasteiger partial charge in [0, 0.05) is 27.6 Å². The molecule has 0 amide bonds. The van der Waals surface area contributed by atoms with Crippen molar-refractivity contribution in [2.24, 2.45) is 0 Å². The van der Waals surface area contributed by atoms with E-state index in [0.717, 1.165) is 12.1 Å². The Labute approximate surface area is 526 Å². The second kappa shape index (κ2) is 24.9. The molecule has 0 radical (unpaired) electrons. The van der Waals surface area contributed by atoms with Crippen LogP contribution in [0.1, 0.15) is 43.7 Å². The maximum absolute atomic E-state index is 15.4. The lowest BCUT2D eigenvalue weighted by Crippen LogP contribution is -2.54. The molecule has 484 valence electrons. The average Bonchev–Trinajstić information content (AvgIpc) is 0.723. The summed E-state index contributed by atoms with van der Waals surface area (Å²) >= 11 is 0. The highest BCUT2D eigenvalue weighted by Crippen LogP contribution is 2.57. The van der Waals surface area contributed by atoms with Crippen molar-refractivity contribution in [1.82, 2.24) is 0 Å².